The predicted molar refractivity (Wildman–Crippen MR) is 46.2 cm³/mol. The van der Waals surface area contributed by atoms with Crippen LogP contribution in [0.3, 0.4) is 0 Å². The van der Waals surface area contributed by atoms with E-state index < -0.39 is 0 Å². The summed E-state index contributed by atoms with van der Waals surface area (Å²) in [4.78, 5) is 0. The highest BCUT2D eigenvalue weighted by atomic mass is 14.9. The van der Waals surface area contributed by atoms with Crippen molar-refractivity contribution in [3.8, 4) is 0 Å². The van der Waals surface area contributed by atoms with Gasteiger partial charge in [0.15, 0.2) is 0 Å². The summed E-state index contributed by atoms with van der Waals surface area (Å²) in [5.41, 5.74) is 0.383. The summed E-state index contributed by atoms with van der Waals surface area (Å²) >= 11 is 0. The zero-order valence-corrected chi connectivity index (χ0v) is 7.78. The lowest BCUT2D eigenvalue weighted by Crippen LogP contribution is -2.21. The third-order valence-electron chi connectivity index (χ3n) is 1.26. The molecule has 0 aromatic carbocycles. The lowest BCUT2D eigenvalue weighted by Gasteiger charge is -2.16. The van der Waals surface area contributed by atoms with Crippen LogP contribution in [0.4, 0.5) is 0 Å². The molecule has 0 aliphatic heterocycles. The first-order valence-electron chi connectivity index (χ1n) is 4.19. The van der Waals surface area contributed by atoms with Gasteiger partial charge in [-0.3, -0.25) is 0 Å². The molecule has 0 aromatic heterocycles. The fraction of sp³-hybridized carbons (Fsp3) is 1.00. The standard InChI is InChI=1S/C9H20N/c1-5-6-7-10-8-9(2,3)4/h5-8H2,1-4H3. The Labute approximate surface area is 65.2 Å². The Hall–Kier alpha value is -0.0400. The third-order valence-corrected chi connectivity index (χ3v) is 1.26. The van der Waals surface area contributed by atoms with Crippen LogP contribution in [-0.4, -0.2) is 13.1 Å². The first-order chi connectivity index (χ1) is 4.56. The lowest BCUT2D eigenvalue weighted by molar-refractivity contribution is 0.374. The molecule has 61 valence electrons. The van der Waals surface area contributed by atoms with Crippen molar-refractivity contribution in [1.29, 1.82) is 0 Å². The van der Waals surface area contributed by atoms with Gasteiger partial charge in [-0.25, -0.2) is 5.32 Å². The fourth-order valence-corrected chi connectivity index (χ4v) is 0.684. The number of nitrogens with zero attached hydrogens (tertiary/aromatic N) is 1. The van der Waals surface area contributed by atoms with Gasteiger partial charge in [0, 0.05) is 13.1 Å². The van der Waals surface area contributed by atoms with Crippen molar-refractivity contribution in [3.05, 3.63) is 0 Å². The molecule has 0 spiro atoms. The molecular formula is C9H20N. The summed E-state index contributed by atoms with van der Waals surface area (Å²) in [5, 5.41) is 4.43. The minimum atomic E-state index is 0.383. The van der Waals surface area contributed by atoms with E-state index in [2.05, 4.69) is 33.0 Å². The second-order valence-corrected chi connectivity index (χ2v) is 4.02. The SMILES string of the molecule is CCCC[N]CC(C)(C)C. The van der Waals surface area contributed by atoms with Crippen molar-refractivity contribution >= 4 is 0 Å². The number of rotatable bonds is 4. The zero-order valence-electron chi connectivity index (χ0n) is 7.78. The van der Waals surface area contributed by atoms with Gasteiger partial charge in [-0.05, 0) is 11.8 Å². The number of unbranched alkanes of at least 4 members (excludes halogenated alkanes) is 1. The van der Waals surface area contributed by atoms with Crippen molar-refractivity contribution in [2.24, 2.45) is 5.41 Å². The quantitative estimate of drug-likeness (QED) is 0.535. The molecule has 1 heteroatoms. The van der Waals surface area contributed by atoms with Gasteiger partial charge in [0.1, 0.15) is 0 Å². The van der Waals surface area contributed by atoms with Crippen molar-refractivity contribution in [3.63, 3.8) is 0 Å². The van der Waals surface area contributed by atoms with Gasteiger partial charge in [-0.1, -0.05) is 34.1 Å². The van der Waals surface area contributed by atoms with Crippen molar-refractivity contribution < 1.29 is 0 Å². The van der Waals surface area contributed by atoms with Gasteiger partial charge < -0.3 is 0 Å². The van der Waals surface area contributed by atoms with Gasteiger partial charge in [0.05, 0.1) is 0 Å². The Morgan fingerprint density at radius 3 is 2.20 bits per heavy atom. The van der Waals surface area contributed by atoms with E-state index in [1.54, 1.807) is 0 Å². The first-order valence-corrected chi connectivity index (χ1v) is 4.19. The first kappa shape index (κ1) is 9.96. The van der Waals surface area contributed by atoms with Crippen LogP contribution in [0.15, 0.2) is 0 Å². The molecule has 1 nitrogen and oxygen atoms in total. The van der Waals surface area contributed by atoms with Crippen LogP contribution in [0.25, 0.3) is 0 Å². The maximum Gasteiger partial charge on any atom is 0.0182 e. The largest absolute Gasteiger partial charge is 0.241 e. The van der Waals surface area contributed by atoms with Crippen LogP contribution in [-0.2, 0) is 0 Å². The highest BCUT2D eigenvalue weighted by Crippen LogP contribution is 2.10. The van der Waals surface area contributed by atoms with Crippen molar-refractivity contribution in [2.45, 2.75) is 40.5 Å². The molecule has 0 heterocycles. The zero-order chi connectivity index (χ0) is 8.04. The van der Waals surface area contributed by atoms with Crippen LogP contribution in [0, 0.1) is 5.41 Å². The molecule has 10 heavy (non-hydrogen) atoms. The van der Waals surface area contributed by atoms with Crippen LogP contribution in [0.2, 0.25) is 0 Å². The maximum absolute atomic E-state index is 4.43. The van der Waals surface area contributed by atoms with Crippen LogP contribution >= 0.6 is 0 Å². The molecule has 0 rings (SSSR count). The Bertz CT molecular complexity index is 71.3. The maximum atomic E-state index is 4.43. The Morgan fingerprint density at radius 2 is 1.80 bits per heavy atom. The molecule has 0 N–H and O–H groups in total. The van der Waals surface area contributed by atoms with Crippen LogP contribution in [0.5, 0.6) is 0 Å². The van der Waals surface area contributed by atoms with Gasteiger partial charge in [-0.2, -0.15) is 0 Å². The summed E-state index contributed by atoms with van der Waals surface area (Å²) in [6, 6.07) is 0. The fourth-order valence-electron chi connectivity index (χ4n) is 0.684. The molecule has 0 fully saturated rings. The van der Waals surface area contributed by atoms with Gasteiger partial charge in [0.25, 0.3) is 0 Å². The third kappa shape index (κ3) is 7.96. The van der Waals surface area contributed by atoms with E-state index >= 15 is 0 Å². The van der Waals surface area contributed by atoms with E-state index in [9.17, 15) is 0 Å². The van der Waals surface area contributed by atoms with E-state index in [0.29, 0.717) is 5.41 Å². The highest BCUT2D eigenvalue weighted by molar-refractivity contribution is 4.63. The van der Waals surface area contributed by atoms with Crippen LogP contribution in [0.1, 0.15) is 40.5 Å². The number of hydrogen-bond donors (Lipinski definition) is 0. The molecule has 1 radical (unpaired) electrons. The van der Waals surface area contributed by atoms with E-state index in [1.165, 1.54) is 12.8 Å². The van der Waals surface area contributed by atoms with Gasteiger partial charge in [-0.15, -0.1) is 0 Å². The summed E-state index contributed by atoms with van der Waals surface area (Å²) in [6.07, 6.45) is 2.50. The lowest BCUT2D eigenvalue weighted by atomic mass is 9.97. The Kier molecular flexibility index (Phi) is 4.71. The molecule has 0 aliphatic carbocycles. The average molecular weight is 142 g/mol. The molecule has 0 atom stereocenters. The Balaban J connectivity index is 3.04. The smallest absolute Gasteiger partial charge is 0.0182 e. The second kappa shape index (κ2) is 4.73. The molecule has 0 unspecified atom stereocenters. The second-order valence-electron chi connectivity index (χ2n) is 4.02. The van der Waals surface area contributed by atoms with Crippen LogP contribution < -0.4 is 5.32 Å². The topological polar surface area (TPSA) is 14.1 Å². The van der Waals surface area contributed by atoms with Crippen molar-refractivity contribution in [1.82, 2.24) is 5.32 Å². The summed E-state index contributed by atoms with van der Waals surface area (Å²) in [7, 11) is 0. The van der Waals surface area contributed by atoms with Gasteiger partial charge in [0.2, 0.25) is 0 Å². The normalized spacial score (nSPS) is 12.0. The van der Waals surface area contributed by atoms with Gasteiger partial charge >= 0.3 is 0 Å². The summed E-state index contributed by atoms with van der Waals surface area (Å²) in [5.74, 6) is 0. The average Bonchev–Trinajstić information content (AvgIpc) is 1.78. The molecule has 0 amide bonds. The molecular weight excluding hydrogens is 122 g/mol. The molecule has 0 saturated heterocycles. The minimum absolute atomic E-state index is 0.383. The monoisotopic (exact) mass is 142 g/mol. The summed E-state index contributed by atoms with van der Waals surface area (Å²) in [6.45, 7) is 10.9. The molecule has 0 saturated carbocycles. The van der Waals surface area contributed by atoms with E-state index in [0.717, 1.165) is 13.1 Å². The minimum Gasteiger partial charge on any atom is -0.241 e. The molecule has 0 aromatic rings. The van der Waals surface area contributed by atoms with Crippen molar-refractivity contribution in [2.75, 3.05) is 13.1 Å². The van der Waals surface area contributed by atoms with E-state index in [1.807, 2.05) is 0 Å². The summed E-state index contributed by atoms with van der Waals surface area (Å²) < 4.78 is 0. The predicted octanol–water partition coefficient (Wildman–Crippen LogP) is 2.44. The molecule has 0 aliphatic rings. The van der Waals surface area contributed by atoms with E-state index in [-0.39, 0.29) is 0 Å². The van der Waals surface area contributed by atoms with E-state index in [4.69, 9.17) is 0 Å². The highest BCUT2D eigenvalue weighted by Gasteiger charge is 2.08. The Morgan fingerprint density at radius 1 is 1.20 bits per heavy atom. The molecule has 0 bridgehead atoms. The number of hydrogen-bond acceptors (Lipinski definition) is 0.